The first-order valence-electron chi connectivity index (χ1n) is 8.45. The smallest absolute Gasteiger partial charge is 0.305 e. The summed E-state index contributed by atoms with van der Waals surface area (Å²) in [4.78, 5) is 33.5. The predicted octanol–water partition coefficient (Wildman–Crippen LogP) is 1.63. The lowest BCUT2D eigenvalue weighted by atomic mass is 10.1. The number of hydrogen-bond acceptors (Lipinski definition) is 5. The van der Waals surface area contributed by atoms with Crippen LogP contribution in [0.4, 0.5) is 0 Å². The summed E-state index contributed by atoms with van der Waals surface area (Å²) in [6.45, 7) is 8.66. The van der Waals surface area contributed by atoms with Gasteiger partial charge in [-0.05, 0) is 31.7 Å². The van der Waals surface area contributed by atoms with E-state index in [1.165, 1.54) is 6.33 Å². The summed E-state index contributed by atoms with van der Waals surface area (Å²) in [5, 5.41) is 13.0. The SMILES string of the molecule is Cc1nc2ncnn2c(C)c1CCC(=O)N(CCC(=O)O)CC(C)C. The van der Waals surface area contributed by atoms with Crippen LogP contribution in [0.5, 0.6) is 0 Å². The molecule has 0 spiro atoms. The van der Waals surface area contributed by atoms with E-state index in [2.05, 4.69) is 15.1 Å². The Morgan fingerprint density at radius 2 is 2.00 bits per heavy atom. The summed E-state index contributed by atoms with van der Waals surface area (Å²) >= 11 is 0. The minimum absolute atomic E-state index is 0.0348. The fourth-order valence-electron chi connectivity index (χ4n) is 2.90. The molecule has 0 aliphatic rings. The van der Waals surface area contributed by atoms with Crippen molar-refractivity contribution in [2.45, 2.75) is 47.0 Å². The highest BCUT2D eigenvalue weighted by atomic mass is 16.4. The third kappa shape index (κ3) is 4.74. The largest absolute Gasteiger partial charge is 0.481 e. The fraction of sp³-hybridized carbons (Fsp3) is 0.588. The van der Waals surface area contributed by atoms with Crippen molar-refractivity contribution in [2.75, 3.05) is 13.1 Å². The average Bonchev–Trinajstić information content (AvgIpc) is 2.98. The molecule has 2 rings (SSSR count). The van der Waals surface area contributed by atoms with E-state index in [4.69, 9.17) is 5.11 Å². The molecule has 8 heteroatoms. The zero-order chi connectivity index (χ0) is 18.6. The van der Waals surface area contributed by atoms with Crippen LogP contribution in [-0.2, 0) is 16.0 Å². The molecule has 0 saturated carbocycles. The maximum absolute atomic E-state index is 12.6. The normalized spacial score (nSPS) is 11.2. The van der Waals surface area contributed by atoms with Gasteiger partial charge in [0.05, 0.1) is 6.42 Å². The van der Waals surface area contributed by atoms with E-state index in [1.54, 1.807) is 9.42 Å². The van der Waals surface area contributed by atoms with Gasteiger partial charge in [0.25, 0.3) is 5.78 Å². The van der Waals surface area contributed by atoms with Crippen LogP contribution in [0.25, 0.3) is 5.78 Å². The maximum atomic E-state index is 12.6. The van der Waals surface area contributed by atoms with Gasteiger partial charge in [0.2, 0.25) is 5.91 Å². The van der Waals surface area contributed by atoms with E-state index in [9.17, 15) is 9.59 Å². The van der Waals surface area contributed by atoms with Gasteiger partial charge in [-0.15, -0.1) is 0 Å². The molecule has 2 aromatic heterocycles. The number of fused-ring (bicyclic) bond motifs is 1. The molecule has 0 radical (unpaired) electrons. The molecule has 1 amide bonds. The monoisotopic (exact) mass is 347 g/mol. The summed E-state index contributed by atoms with van der Waals surface area (Å²) in [5.74, 6) is -0.0936. The summed E-state index contributed by atoms with van der Waals surface area (Å²) in [5.41, 5.74) is 2.74. The van der Waals surface area contributed by atoms with Gasteiger partial charge in [-0.1, -0.05) is 13.8 Å². The van der Waals surface area contributed by atoms with Crippen LogP contribution in [-0.4, -0.2) is 54.6 Å². The topological polar surface area (TPSA) is 101 Å². The minimum Gasteiger partial charge on any atom is -0.481 e. The van der Waals surface area contributed by atoms with Gasteiger partial charge in [0.15, 0.2) is 0 Å². The van der Waals surface area contributed by atoms with Crippen LogP contribution >= 0.6 is 0 Å². The number of hydrogen-bond donors (Lipinski definition) is 1. The summed E-state index contributed by atoms with van der Waals surface area (Å²) in [6.07, 6.45) is 2.28. The zero-order valence-electron chi connectivity index (χ0n) is 15.2. The number of amides is 1. The Labute approximate surface area is 146 Å². The predicted molar refractivity (Wildman–Crippen MR) is 92.2 cm³/mol. The van der Waals surface area contributed by atoms with Gasteiger partial charge in [0, 0.05) is 30.9 Å². The summed E-state index contributed by atoms with van der Waals surface area (Å²) < 4.78 is 1.67. The molecule has 1 N–H and O–H groups in total. The highest BCUT2D eigenvalue weighted by molar-refractivity contribution is 5.77. The quantitative estimate of drug-likeness (QED) is 0.779. The molecule has 0 atom stereocenters. The second-order valence-electron chi connectivity index (χ2n) is 6.61. The average molecular weight is 347 g/mol. The van der Waals surface area contributed by atoms with Crippen molar-refractivity contribution in [1.29, 1.82) is 0 Å². The number of carbonyl (C=O) groups is 2. The van der Waals surface area contributed by atoms with Crippen LogP contribution < -0.4 is 0 Å². The first-order chi connectivity index (χ1) is 11.8. The lowest BCUT2D eigenvalue weighted by Crippen LogP contribution is -2.36. The van der Waals surface area contributed by atoms with E-state index in [0.29, 0.717) is 25.2 Å². The standard InChI is InChI=1S/C17H25N5O3/c1-11(2)9-21(8-7-16(24)25)15(23)6-5-14-12(3)20-17-18-10-19-22(17)13(14)4/h10-11H,5-9H2,1-4H3,(H,24,25). The lowest BCUT2D eigenvalue weighted by Gasteiger charge is -2.24. The molecule has 2 aromatic rings. The number of carbonyl (C=O) groups excluding carboxylic acids is 1. The highest BCUT2D eigenvalue weighted by Crippen LogP contribution is 2.16. The number of carboxylic acids is 1. The molecule has 0 aliphatic heterocycles. The third-order valence-electron chi connectivity index (χ3n) is 4.11. The molecule has 2 heterocycles. The van der Waals surface area contributed by atoms with Gasteiger partial charge in [-0.2, -0.15) is 10.1 Å². The molecule has 0 bridgehead atoms. The van der Waals surface area contributed by atoms with Crippen LogP contribution in [0.2, 0.25) is 0 Å². The Kier molecular flexibility index (Phi) is 6.06. The van der Waals surface area contributed by atoms with Crippen molar-refractivity contribution in [1.82, 2.24) is 24.5 Å². The van der Waals surface area contributed by atoms with E-state index in [0.717, 1.165) is 17.0 Å². The molecule has 0 saturated heterocycles. The van der Waals surface area contributed by atoms with Crippen molar-refractivity contribution < 1.29 is 14.7 Å². The van der Waals surface area contributed by atoms with Gasteiger partial charge < -0.3 is 10.0 Å². The molecule has 0 unspecified atom stereocenters. The molecule has 0 fully saturated rings. The number of aromatic nitrogens is 4. The Hall–Kier alpha value is -2.51. The van der Waals surface area contributed by atoms with Crippen molar-refractivity contribution in [3.8, 4) is 0 Å². The Bertz CT molecular complexity index is 769. The number of nitrogens with zero attached hydrogens (tertiary/aromatic N) is 5. The van der Waals surface area contributed by atoms with Gasteiger partial charge in [0.1, 0.15) is 6.33 Å². The molecule has 0 aliphatic carbocycles. The van der Waals surface area contributed by atoms with Crippen LogP contribution in [0.3, 0.4) is 0 Å². The van der Waals surface area contributed by atoms with E-state index < -0.39 is 5.97 Å². The Balaban J connectivity index is 2.09. The van der Waals surface area contributed by atoms with Crippen LogP contribution in [0.1, 0.15) is 43.6 Å². The zero-order valence-corrected chi connectivity index (χ0v) is 15.2. The Morgan fingerprint density at radius 3 is 2.64 bits per heavy atom. The fourth-order valence-corrected chi connectivity index (χ4v) is 2.90. The van der Waals surface area contributed by atoms with E-state index in [-0.39, 0.29) is 24.8 Å². The molecule has 0 aromatic carbocycles. The maximum Gasteiger partial charge on any atom is 0.305 e. The number of aryl methyl sites for hydroxylation is 2. The number of carboxylic acid groups (broad SMARTS) is 1. The van der Waals surface area contributed by atoms with E-state index in [1.807, 2.05) is 27.7 Å². The second-order valence-corrected chi connectivity index (χ2v) is 6.61. The molecular formula is C17H25N5O3. The van der Waals surface area contributed by atoms with Crippen molar-refractivity contribution in [3.05, 3.63) is 23.3 Å². The van der Waals surface area contributed by atoms with Crippen molar-refractivity contribution in [3.63, 3.8) is 0 Å². The van der Waals surface area contributed by atoms with Gasteiger partial charge in [-0.3, -0.25) is 9.59 Å². The summed E-state index contributed by atoms with van der Waals surface area (Å²) in [7, 11) is 0. The molecule has 136 valence electrons. The molecular weight excluding hydrogens is 322 g/mol. The van der Waals surface area contributed by atoms with Crippen molar-refractivity contribution >= 4 is 17.7 Å². The summed E-state index contributed by atoms with van der Waals surface area (Å²) in [6, 6.07) is 0. The van der Waals surface area contributed by atoms with Crippen LogP contribution in [0.15, 0.2) is 6.33 Å². The van der Waals surface area contributed by atoms with Gasteiger partial charge in [-0.25, -0.2) is 9.50 Å². The number of rotatable bonds is 8. The molecule has 25 heavy (non-hydrogen) atoms. The van der Waals surface area contributed by atoms with E-state index >= 15 is 0 Å². The van der Waals surface area contributed by atoms with Crippen LogP contribution in [0, 0.1) is 19.8 Å². The second kappa shape index (κ2) is 8.04. The van der Waals surface area contributed by atoms with Gasteiger partial charge >= 0.3 is 5.97 Å². The molecule has 8 nitrogen and oxygen atoms in total. The third-order valence-corrected chi connectivity index (χ3v) is 4.11. The van der Waals surface area contributed by atoms with Crippen molar-refractivity contribution in [2.24, 2.45) is 5.92 Å². The minimum atomic E-state index is -0.894. The number of aliphatic carboxylic acids is 1. The first-order valence-corrected chi connectivity index (χ1v) is 8.45. The Morgan fingerprint density at radius 1 is 1.28 bits per heavy atom. The highest BCUT2D eigenvalue weighted by Gasteiger charge is 2.18. The first kappa shape index (κ1) is 18.8. The lowest BCUT2D eigenvalue weighted by molar-refractivity contribution is -0.138.